The van der Waals surface area contributed by atoms with Gasteiger partial charge in [0.2, 0.25) is 11.8 Å². The Hall–Kier alpha value is -2.84. The standard InChI is InChI=1S/C18H19N5O4/c1-8(2)21-17(24)13-11-7-12(14(13)18(21)25)16-15(11)19-20-22(16)9-3-5-10(6-4-9)23(26)27/h3-6,8,11-16H,7H2,1-2H3/t11-,12+,13-,14+,15-,16-/m1/s1. The first-order valence-electron chi connectivity index (χ1n) is 9.21. The number of amides is 2. The summed E-state index contributed by atoms with van der Waals surface area (Å²) in [6.45, 7) is 3.73. The Kier molecular flexibility index (Phi) is 3.23. The van der Waals surface area contributed by atoms with Gasteiger partial charge >= 0.3 is 0 Å². The molecule has 1 aromatic rings. The van der Waals surface area contributed by atoms with Gasteiger partial charge in [0, 0.05) is 18.2 Å². The SMILES string of the molecule is CC(C)N1C(=O)[C@@H]2[C@H]3C[C@@H]([C@@H]2C1=O)[C@@H]1[C@@H]3N=NN1c1ccc([N+](=O)[O-])cc1. The van der Waals surface area contributed by atoms with Crippen LogP contribution in [0.5, 0.6) is 0 Å². The fraction of sp³-hybridized carbons (Fsp3) is 0.556. The molecule has 6 atom stereocenters. The van der Waals surface area contributed by atoms with Crippen molar-refractivity contribution in [2.24, 2.45) is 34.0 Å². The molecule has 0 spiro atoms. The first-order valence-corrected chi connectivity index (χ1v) is 9.21. The lowest BCUT2D eigenvalue weighted by molar-refractivity contribution is -0.384. The third kappa shape index (κ3) is 1.99. The highest BCUT2D eigenvalue weighted by molar-refractivity contribution is 6.06. The Morgan fingerprint density at radius 3 is 2.33 bits per heavy atom. The molecule has 2 aliphatic heterocycles. The summed E-state index contributed by atoms with van der Waals surface area (Å²) in [5.74, 6) is -0.638. The topological polar surface area (TPSA) is 108 Å². The average molecular weight is 369 g/mol. The van der Waals surface area contributed by atoms with Gasteiger partial charge in [-0.1, -0.05) is 5.22 Å². The molecule has 2 bridgehead atoms. The number of imide groups is 1. The van der Waals surface area contributed by atoms with Crippen molar-refractivity contribution >= 4 is 23.2 Å². The van der Waals surface area contributed by atoms with Gasteiger partial charge in [0.25, 0.3) is 5.69 Å². The van der Waals surface area contributed by atoms with Crippen molar-refractivity contribution in [3.8, 4) is 0 Å². The monoisotopic (exact) mass is 369 g/mol. The summed E-state index contributed by atoms with van der Waals surface area (Å²) < 4.78 is 0. The van der Waals surface area contributed by atoms with E-state index in [9.17, 15) is 19.7 Å². The number of nitro groups is 1. The number of rotatable bonds is 3. The highest BCUT2D eigenvalue weighted by Crippen LogP contribution is 2.60. The maximum Gasteiger partial charge on any atom is 0.269 e. The third-order valence-electron chi connectivity index (χ3n) is 6.53. The summed E-state index contributed by atoms with van der Waals surface area (Å²) in [6, 6.07) is 5.90. The van der Waals surface area contributed by atoms with Gasteiger partial charge in [-0.05, 0) is 44.2 Å². The second-order valence-corrected chi connectivity index (χ2v) is 8.06. The summed E-state index contributed by atoms with van der Waals surface area (Å²) in [7, 11) is 0. The molecule has 2 saturated carbocycles. The van der Waals surface area contributed by atoms with Gasteiger partial charge in [0.15, 0.2) is 0 Å². The number of benzene rings is 1. The van der Waals surface area contributed by atoms with E-state index >= 15 is 0 Å². The van der Waals surface area contributed by atoms with Crippen molar-refractivity contribution in [2.45, 2.75) is 38.4 Å². The minimum Gasteiger partial charge on any atom is -0.280 e. The van der Waals surface area contributed by atoms with Crippen LogP contribution in [0.15, 0.2) is 34.6 Å². The largest absolute Gasteiger partial charge is 0.280 e. The van der Waals surface area contributed by atoms with E-state index in [1.165, 1.54) is 17.0 Å². The van der Waals surface area contributed by atoms with E-state index in [0.717, 1.165) is 12.1 Å². The molecule has 3 fully saturated rings. The van der Waals surface area contributed by atoms with E-state index in [2.05, 4.69) is 10.3 Å². The predicted octanol–water partition coefficient (Wildman–Crippen LogP) is 2.18. The van der Waals surface area contributed by atoms with Crippen LogP contribution >= 0.6 is 0 Å². The first-order chi connectivity index (χ1) is 12.9. The van der Waals surface area contributed by atoms with Crippen LogP contribution in [0.2, 0.25) is 0 Å². The number of carbonyl (C=O) groups excluding carboxylic acids is 2. The summed E-state index contributed by atoms with van der Waals surface area (Å²) >= 11 is 0. The molecule has 0 unspecified atom stereocenters. The van der Waals surface area contributed by atoms with Crippen LogP contribution in [-0.4, -0.2) is 39.8 Å². The molecule has 9 nitrogen and oxygen atoms in total. The van der Waals surface area contributed by atoms with E-state index in [0.29, 0.717) is 0 Å². The van der Waals surface area contributed by atoms with E-state index in [4.69, 9.17) is 0 Å². The Balaban J connectivity index is 1.46. The molecule has 140 valence electrons. The number of hydrogen-bond acceptors (Lipinski definition) is 7. The Morgan fingerprint density at radius 1 is 1.11 bits per heavy atom. The molecule has 1 saturated heterocycles. The van der Waals surface area contributed by atoms with Crippen molar-refractivity contribution < 1.29 is 14.5 Å². The molecule has 0 radical (unpaired) electrons. The van der Waals surface area contributed by atoms with Crippen LogP contribution < -0.4 is 5.01 Å². The molecule has 4 aliphatic rings. The van der Waals surface area contributed by atoms with Crippen LogP contribution in [0.1, 0.15) is 20.3 Å². The lowest BCUT2D eigenvalue weighted by atomic mass is 9.76. The Bertz CT molecular complexity index is 882. The van der Waals surface area contributed by atoms with Crippen LogP contribution in [0.3, 0.4) is 0 Å². The third-order valence-corrected chi connectivity index (χ3v) is 6.53. The summed E-state index contributed by atoms with van der Waals surface area (Å²) in [5.41, 5.74) is 0.738. The zero-order valence-electron chi connectivity index (χ0n) is 14.9. The predicted molar refractivity (Wildman–Crippen MR) is 93.6 cm³/mol. The Morgan fingerprint density at radius 2 is 1.74 bits per heavy atom. The minimum absolute atomic E-state index is 0.0172. The van der Waals surface area contributed by atoms with Crippen molar-refractivity contribution in [2.75, 3.05) is 5.01 Å². The number of likely N-dealkylation sites (tertiary alicyclic amines) is 1. The highest BCUT2D eigenvalue weighted by Gasteiger charge is 2.70. The van der Waals surface area contributed by atoms with Crippen LogP contribution in [0.4, 0.5) is 11.4 Å². The fourth-order valence-electron chi connectivity index (χ4n) is 5.57. The molecular formula is C18H19N5O4. The number of hydrogen-bond donors (Lipinski definition) is 0. The van der Waals surface area contributed by atoms with Crippen molar-refractivity contribution in [3.63, 3.8) is 0 Å². The van der Waals surface area contributed by atoms with Crippen molar-refractivity contribution in [1.82, 2.24) is 4.90 Å². The fourth-order valence-corrected chi connectivity index (χ4v) is 5.57. The summed E-state index contributed by atoms with van der Waals surface area (Å²) in [4.78, 5) is 37.6. The molecule has 0 N–H and O–H groups in total. The lowest BCUT2D eigenvalue weighted by Gasteiger charge is -2.33. The first kappa shape index (κ1) is 16.3. The molecule has 1 aromatic carbocycles. The number of anilines is 1. The molecule has 0 aromatic heterocycles. The number of non-ortho nitro benzene ring substituents is 1. The number of nitro benzene ring substituents is 1. The second-order valence-electron chi connectivity index (χ2n) is 8.06. The van der Waals surface area contributed by atoms with Gasteiger partial charge in [0.1, 0.15) is 0 Å². The number of carbonyl (C=O) groups is 2. The molecule has 2 amide bonds. The summed E-state index contributed by atoms with van der Waals surface area (Å²) in [5, 5.41) is 21.4. The van der Waals surface area contributed by atoms with Gasteiger partial charge in [-0.25, -0.2) is 5.01 Å². The maximum atomic E-state index is 12.9. The molecule has 9 heteroatoms. The van der Waals surface area contributed by atoms with Crippen molar-refractivity contribution in [3.05, 3.63) is 34.4 Å². The van der Waals surface area contributed by atoms with E-state index < -0.39 is 4.92 Å². The van der Waals surface area contributed by atoms with Crippen molar-refractivity contribution in [1.29, 1.82) is 0 Å². The van der Waals surface area contributed by atoms with Crippen LogP contribution in [0, 0.1) is 33.8 Å². The molecular weight excluding hydrogens is 350 g/mol. The highest BCUT2D eigenvalue weighted by atomic mass is 16.6. The smallest absolute Gasteiger partial charge is 0.269 e. The van der Waals surface area contributed by atoms with Gasteiger partial charge in [0.05, 0.1) is 34.5 Å². The maximum absolute atomic E-state index is 12.9. The minimum atomic E-state index is -0.441. The van der Waals surface area contributed by atoms with E-state index in [1.54, 1.807) is 17.1 Å². The van der Waals surface area contributed by atoms with Gasteiger partial charge < -0.3 is 0 Å². The zero-order chi connectivity index (χ0) is 19.0. The Labute approximate surface area is 155 Å². The molecule has 2 heterocycles. The van der Waals surface area contributed by atoms with Crippen LogP contribution in [0.25, 0.3) is 0 Å². The van der Waals surface area contributed by atoms with E-state index in [1.807, 2.05) is 13.8 Å². The summed E-state index contributed by atoms with van der Waals surface area (Å²) in [6.07, 6.45) is 0.802. The van der Waals surface area contributed by atoms with E-state index in [-0.39, 0.29) is 59.3 Å². The molecule has 5 rings (SSSR count). The molecule has 27 heavy (non-hydrogen) atoms. The van der Waals surface area contributed by atoms with Gasteiger partial charge in [-0.2, -0.15) is 5.11 Å². The van der Waals surface area contributed by atoms with Gasteiger partial charge in [-0.15, -0.1) is 0 Å². The van der Waals surface area contributed by atoms with Gasteiger partial charge in [-0.3, -0.25) is 24.6 Å². The van der Waals surface area contributed by atoms with Crippen LogP contribution in [-0.2, 0) is 9.59 Å². The average Bonchev–Trinajstić information content (AvgIpc) is 3.35. The lowest BCUT2D eigenvalue weighted by Crippen LogP contribution is -2.47. The number of fused-ring (bicyclic) bond motifs is 8. The molecule has 2 aliphatic carbocycles. The normalized spacial score (nSPS) is 36.1. The quantitative estimate of drug-likeness (QED) is 0.461. The zero-order valence-corrected chi connectivity index (χ0v) is 14.9. The second kappa shape index (κ2) is 5.34. The number of nitrogens with zero attached hydrogens (tertiary/aromatic N) is 5.